The highest BCUT2D eigenvalue weighted by Gasteiger charge is 2.14. The zero-order chi connectivity index (χ0) is 9.97. The number of nitrogens with one attached hydrogen (secondary N) is 2. The maximum absolute atomic E-state index is 5.95. The van der Waals surface area contributed by atoms with Gasteiger partial charge in [-0.2, -0.15) is 0 Å². The van der Waals surface area contributed by atoms with Gasteiger partial charge in [0.2, 0.25) is 0 Å². The zero-order valence-corrected chi connectivity index (χ0v) is 10.4. The summed E-state index contributed by atoms with van der Waals surface area (Å²) in [6, 6.07) is 6.13. The fourth-order valence-corrected chi connectivity index (χ4v) is 1.92. The van der Waals surface area contributed by atoms with Gasteiger partial charge < -0.3 is 10.6 Å². The van der Waals surface area contributed by atoms with Gasteiger partial charge >= 0.3 is 0 Å². The summed E-state index contributed by atoms with van der Waals surface area (Å²) in [7, 11) is 0. The molecule has 0 unspecified atom stereocenters. The molecule has 0 saturated carbocycles. The fourth-order valence-electron chi connectivity index (χ4n) is 1.62. The average molecular weight is 268 g/mol. The molecule has 2 N–H and O–H groups in total. The highest BCUT2D eigenvalue weighted by molar-refractivity contribution is 6.42. The van der Waals surface area contributed by atoms with E-state index in [0.717, 1.165) is 19.6 Å². The molecule has 1 aromatic rings. The topological polar surface area (TPSA) is 24.1 Å². The zero-order valence-electron chi connectivity index (χ0n) is 8.09. The largest absolute Gasteiger partial charge is 0.314 e. The SMILES string of the molecule is Cl.Clc1ccc([C@H]2CNCCN2)cc1Cl. The van der Waals surface area contributed by atoms with Crippen molar-refractivity contribution in [2.24, 2.45) is 0 Å². The van der Waals surface area contributed by atoms with E-state index >= 15 is 0 Å². The lowest BCUT2D eigenvalue weighted by molar-refractivity contribution is 0.430. The van der Waals surface area contributed by atoms with Crippen LogP contribution in [0.5, 0.6) is 0 Å². The Hall–Kier alpha value is 0.01000. The van der Waals surface area contributed by atoms with Crippen molar-refractivity contribution in [2.45, 2.75) is 6.04 Å². The molecule has 0 bridgehead atoms. The van der Waals surface area contributed by atoms with Crippen molar-refractivity contribution in [1.29, 1.82) is 0 Å². The molecule has 0 spiro atoms. The summed E-state index contributed by atoms with van der Waals surface area (Å²) in [4.78, 5) is 0. The highest BCUT2D eigenvalue weighted by Crippen LogP contribution is 2.25. The maximum Gasteiger partial charge on any atom is 0.0595 e. The van der Waals surface area contributed by atoms with Crippen LogP contribution in [0.25, 0.3) is 0 Å². The first-order valence-electron chi connectivity index (χ1n) is 4.66. The molecule has 1 heterocycles. The predicted molar refractivity (Wildman–Crippen MR) is 67.3 cm³/mol. The Morgan fingerprint density at radius 3 is 2.53 bits per heavy atom. The van der Waals surface area contributed by atoms with Crippen molar-refractivity contribution >= 4 is 35.6 Å². The molecule has 0 aromatic heterocycles. The standard InChI is InChI=1S/C10H12Cl2N2.ClH/c11-8-2-1-7(5-9(8)12)10-6-13-3-4-14-10;/h1-2,5,10,13-14H,3-4,6H2;1H/t10-;/m1./s1. The van der Waals surface area contributed by atoms with Crippen LogP contribution in [0.2, 0.25) is 10.0 Å². The van der Waals surface area contributed by atoms with Crippen LogP contribution >= 0.6 is 35.6 Å². The lowest BCUT2D eigenvalue weighted by Crippen LogP contribution is -2.42. The molecular formula is C10H13Cl3N2. The second-order valence-corrected chi connectivity index (χ2v) is 4.20. The number of piperazine rings is 1. The Balaban J connectivity index is 0.00000112. The molecule has 2 nitrogen and oxygen atoms in total. The molecule has 1 aliphatic heterocycles. The van der Waals surface area contributed by atoms with Crippen LogP contribution in [0, 0.1) is 0 Å². The van der Waals surface area contributed by atoms with Gasteiger partial charge in [-0.25, -0.2) is 0 Å². The van der Waals surface area contributed by atoms with Gasteiger partial charge in [-0.3, -0.25) is 0 Å². The molecule has 1 aliphatic rings. The lowest BCUT2D eigenvalue weighted by atomic mass is 10.1. The van der Waals surface area contributed by atoms with Crippen molar-refractivity contribution in [3.8, 4) is 0 Å². The molecule has 1 aromatic carbocycles. The summed E-state index contributed by atoms with van der Waals surface area (Å²) in [6.45, 7) is 2.96. The van der Waals surface area contributed by atoms with Crippen LogP contribution in [0.4, 0.5) is 0 Å². The summed E-state index contributed by atoms with van der Waals surface area (Å²) in [5.74, 6) is 0. The van der Waals surface area contributed by atoms with Crippen LogP contribution in [0.1, 0.15) is 11.6 Å². The Morgan fingerprint density at radius 1 is 1.13 bits per heavy atom. The summed E-state index contributed by atoms with van der Waals surface area (Å²) < 4.78 is 0. The number of hydrogen-bond acceptors (Lipinski definition) is 2. The van der Waals surface area contributed by atoms with Gasteiger partial charge in [0.15, 0.2) is 0 Å². The number of hydrogen-bond donors (Lipinski definition) is 2. The van der Waals surface area contributed by atoms with E-state index in [2.05, 4.69) is 10.6 Å². The van der Waals surface area contributed by atoms with Gasteiger partial charge in [0.25, 0.3) is 0 Å². The van der Waals surface area contributed by atoms with E-state index in [4.69, 9.17) is 23.2 Å². The van der Waals surface area contributed by atoms with Crippen LogP contribution in [0.3, 0.4) is 0 Å². The van der Waals surface area contributed by atoms with E-state index in [-0.39, 0.29) is 12.4 Å². The molecule has 5 heteroatoms. The normalized spacial score (nSPS) is 20.8. The van der Waals surface area contributed by atoms with E-state index < -0.39 is 0 Å². The Morgan fingerprint density at radius 2 is 1.93 bits per heavy atom. The van der Waals surface area contributed by atoms with E-state index in [9.17, 15) is 0 Å². The predicted octanol–water partition coefficient (Wildman–Crippen LogP) is 2.65. The van der Waals surface area contributed by atoms with Crippen LogP contribution in [-0.4, -0.2) is 19.6 Å². The minimum absolute atomic E-state index is 0. The van der Waals surface area contributed by atoms with Crippen molar-refractivity contribution in [2.75, 3.05) is 19.6 Å². The van der Waals surface area contributed by atoms with Crippen molar-refractivity contribution < 1.29 is 0 Å². The second kappa shape index (κ2) is 5.92. The number of benzene rings is 1. The van der Waals surface area contributed by atoms with E-state index in [1.807, 2.05) is 18.2 Å². The molecule has 2 rings (SSSR count). The Kier molecular flexibility index (Phi) is 5.16. The summed E-state index contributed by atoms with van der Waals surface area (Å²) >= 11 is 11.8. The third-order valence-electron chi connectivity index (χ3n) is 2.39. The molecule has 1 saturated heterocycles. The van der Waals surface area contributed by atoms with Crippen molar-refractivity contribution in [1.82, 2.24) is 10.6 Å². The van der Waals surface area contributed by atoms with Crippen LogP contribution in [0.15, 0.2) is 18.2 Å². The Bertz CT molecular complexity index is 324. The first-order valence-corrected chi connectivity index (χ1v) is 5.42. The van der Waals surface area contributed by atoms with Crippen LogP contribution < -0.4 is 10.6 Å². The third kappa shape index (κ3) is 3.23. The van der Waals surface area contributed by atoms with Gasteiger partial charge in [-0.05, 0) is 17.7 Å². The minimum Gasteiger partial charge on any atom is -0.314 e. The number of halogens is 3. The molecule has 15 heavy (non-hydrogen) atoms. The van der Waals surface area contributed by atoms with Gasteiger partial charge in [0, 0.05) is 25.7 Å². The van der Waals surface area contributed by atoms with Crippen molar-refractivity contribution in [3.05, 3.63) is 33.8 Å². The number of rotatable bonds is 1. The van der Waals surface area contributed by atoms with Gasteiger partial charge in [0.05, 0.1) is 10.0 Å². The van der Waals surface area contributed by atoms with Crippen LogP contribution in [-0.2, 0) is 0 Å². The first-order chi connectivity index (χ1) is 6.77. The molecule has 1 fully saturated rings. The smallest absolute Gasteiger partial charge is 0.0595 e. The average Bonchev–Trinajstić information content (AvgIpc) is 2.23. The second-order valence-electron chi connectivity index (χ2n) is 3.38. The molecule has 0 radical (unpaired) electrons. The molecule has 0 amide bonds. The molecule has 0 aliphatic carbocycles. The van der Waals surface area contributed by atoms with Gasteiger partial charge in [-0.1, -0.05) is 29.3 Å². The summed E-state index contributed by atoms with van der Waals surface area (Å²) in [5.41, 5.74) is 1.19. The monoisotopic (exact) mass is 266 g/mol. The van der Waals surface area contributed by atoms with E-state index in [1.54, 1.807) is 0 Å². The third-order valence-corrected chi connectivity index (χ3v) is 3.13. The Labute approximate surface area is 106 Å². The van der Waals surface area contributed by atoms with E-state index in [1.165, 1.54) is 5.56 Å². The lowest BCUT2D eigenvalue weighted by Gasteiger charge is -2.25. The quantitative estimate of drug-likeness (QED) is 0.817. The maximum atomic E-state index is 5.95. The molecule has 84 valence electrons. The molecule has 1 atom stereocenters. The summed E-state index contributed by atoms with van der Waals surface area (Å²) in [6.07, 6.45) is 0. The highest BCUT2D eigenvalue weighted by atomic mass is 35.5. The van der Waals surface area contributed by atoms with Gasteiger partial charge in [0.1, 0.15) is 0 Å². The van der Waals surface area contributed by atoms with Gasteiger partial charge in [-0.15, -0.1) is 12.4 Å². The van der Waals surface area contributed by atoms with E-state index in [0.29, 0.717) is 16.1 Å². The van der Waals surface area contributed by atoms with Crippen molar-refractivity contribution in [3.63, 3.8) is 0 Å². The fraction of sp³-hybridized carbons (Fsp3) is 0.400. The minimum atomic E-state index is 0. The summed E-state index contributed by atoms with van der Waals surface area (Å²) in [5, 5.41) is 7.98. The molecular weight excluding hydrogens is 254 g/mol. The first kappa shape index (κ1) is 13.1.